The fraction of sp³-hybridized carbons (Fsp3) is 0.250. The maximum atomic E-state index is 12.5. The molecule has 0 aliphatic rings. The molecule has 0 aliphatic carbocycles. The first-order chi connectivity index (χ1) is 14.4. The molecular weight excluding hydrogens is 398 g/mol. The third-order valence-corrected chi connectivity index (χ3v) is 5.29. The van der Waals surface area contributed by atoms with Gasteiger partial charge in [-0.05, 0) is 54.3 Å². The number of ketones is 1. The van der Waals surface area contributed by atoms with Crippen LogP contribution < -0.4 is 4.90 Å². The molecule has 3 rings (SSSR count). The predicted molar refractivity (Wildman–Crippen MR) is 120 cm³/mol. The number of carbonyl (C=O) groups is 2. The van der Waals surface area contributed by atoms with Crippen molar-refractivity contribution in [1.82, 2.24) is 9.97 Å². The summed E-state index contributed by atoms with van der Waals surface area (Å²) in [7, 11) is 1.78. The number of nitrogens with zero attached hydrogens (tertiary/aromatic N) is 3. The lowest BCUT2D eigenvalue weighted by molar-refractivity contribution is -0.118. The van der Waals surface area contributed by atoms with Crippen molar-refractivity contribution >= 4 is 29.0 Å². The van der Waals surface area contributed by atoms with Crippen molar-refractivity contribution in [3.63, 3.8) is 0 Å². The Balaban J connectivity index is 1.69. The van der Waals surface area contributed by atoms with Gasteiger partial charge in [-0.15, -0.1) is 0 Å². The van der Waals surface area contributed by atoms with Crippen LogP contribution >= 0.6 is 11.6 Å². The number of rotatable bonds is 7. The van der Waals surface area contributed by atoms with Crippen LogP contribution in [0, 0.1) is 6.92 Å². The van der Waals surface area contributed by atoms with Crippen LogP contribution in [0.3, 0.4) is 0 Å². The average Bonchev–Trinajstić information content (AvgIpc) is 2.77. The topological polar surface area (TPSA) is 63.2 Å². The summed E-state index contributed by atoms with van der Waals surface area (Å²) in [5, 5.41) is 0.439. The Kier molecular flexibility index (Phi) is 6.95. The van der Waals surface area contributed by atoms with E-state index in [0.717, 1.165) is 27.9 Å². The van der Waals surface area contributed by atoms with Gasteiger partial charge in [0.2, 0.25) is 5.91 Å². The first-order valence-electron chi connectivity index (χ1n) is 9.86. The molecule has 0 fully saturated rings. The van der Waals surface area contributed by atoms with Crippen molar-refractivity contribution in [3.05, 3.63) is 76.8 Å². The van der Waals surface area contributed by atoms with Gasteiger partial charge in [0.25, 0.3) is 0 Å². The van der Waals surface area contributed by atoms with Crippen molar-refractivity contribution < 1.29 is 9.59 Å². The zero-order valence-corrected chi connectivity index (χ0v) is 18.1. The van der Waals surface area contributed by atoms with Crippen molar-refractivity contribution in [3.8, 4) is 11.1 Å². The van der Waals surface area contributed by atoms with E-state index in [-0.39, 0.29) is 11.7 Å². The number of hydrogen-bond acceptors (Lipinski definition) is 4. The third-order valence-electron chi connectivity index (χ3n) is 5.06. The van der Waals surface area contributed by atoms with Crippen molar-refractivity contribution in [1.29, 1.82) is 0 Å². The van der Waals surface area contributed by atoms with E-state index in [2.05, 4.69) is 9.97 Å². The first-order valence-corrected chi connectivity index (χ1v) is 10.2. The normalized spacial score (nSPS) is 10.7. The molecule has 0 saturated heterocycles. The molecule has 0 spiro atoms. The molecule has 0 atom stereocenters. The van der Waals surface area contributed by atoms with Crippen LogP contribution in [-0.2, 0) is 11.2 Å². The molecule has 0 unspecified atom stereocenters. The fourth-order valence-corrected chi connectivity index (χ4v) is 3.33. The number of anilines is 1. The number of amides is 1. The van der Waals surface area contributed by atoms with Gasteiger partial charge in [-0.2, -0.15) is 0 Å². The Morgan fingerprint density at radius 3 is 2.43 bits per heavy atom. The van der Waals surface area contributed by atoms with Crippen LogP contribution in [0.25, 0.3) is 11.1 Å². The number of hydrogen-bond donors (Lipinski definition) is 0. The molecule has 2 heterocycles. The van der Waals surface area contributed by atoms with Gasteiger partial charge < -0.3 is 4.90 Å². The van der Waals surface area contributed by atoms with E-state index in [4.69, 9.17) is 11.6 Å². The molecule has 1 amide bonds. The summed E-state index contributed by atoms with van der Waals surface area (Å²) in [6, 6.07) is 13.2. The van der Waals surface area contributed by atoms with Crippen LogP contribution in [0.2, 0.25) is 5.15 Å². The van der Waals surface area contributed by atoms with E-state index in [1.807, 2.05) is 44.2 Å². The highest BCUT2D eigenvalue weighted by molar-refractivity contribution is 6.29. The summed E-state index contributed by atoms with van der Waals surface area (Å²) in [4.78, 5) is 34.4. The van der Waals surface area contributed by atoms with Crippen LogP contribution in [0.4, 0.5) is 5.69 Å². The second-order valence-corrected chi connectivity index (χ2v) is 7.54. The Bertz CT molecular complexity index is 1050. The second-order valence-electron chi connectivity index (χ2n) is 7.15. The molecule has 3 aromatic rings. The molecule has 0 bridgehead atoms. The minimum atomic E-state index is -0.0109. The lowest BCUT2D eigenvalue weighted by Crippen LogP contribution is -2.25. The minimum absolute atomic E-state index is 0.0109. The largest absolute Gasteiger partial charge is 0.316 e. The quantitative estimate of drug-likeness (QED) is 0.384. The summed E-state index contributed by atoms with van der Waals surface area (Å²) < 4.78 is 0. The molecule has 30 heavy (non-hydrogen) atoms. The van der Waals surface area contributed by atoms with E-state index < -0.39 is 0 Å². The predicted octanol–water partition coefficient (Wildman–Crippen LogP) is 5.29. The highest BCUT2D eigenvalue weighted by atomic mass is 35.5. The summed E-state index contributed by atoms with van der Waals surface area (Å²) in [5.41, 5.74) is 5.27. The smallest absolute Gasteiger partial charge is 0.226 e. The average molecular weight is 422 g/mol. The standard InChI is InChI=1S/C24H24ClN3O2/c1-4-24(30)28(3)19-8-9-20(16(2)13-19)18-7-10-21(26-15-18)22(29)11-5-17-6-12-23(25)27-14-17/h6-10,12-15H,4-5,11H2,1-3H3. The summed E-state index contributed by atoms with van der Waals surface area (Å²) in [6.07, 6.45) is 4.83. The van der Waals surface area contributed by atoms with Crippen molar-refractivity contribution in [2.24, 2.45) is 0 Å². The minimum Gasteiger partial charge on any atom is -0.316 e. The van der Waals surface area contributed by atoms with Gasteiger partial charge in [0.15, 0.2) is 5.78 Å². The van der Waals surface area contributed by atoms with Gasteiger partial charge in [-0.3, -0.25) is 14.6 Å². The van der Waals surface area contributed by atoms with E-state index in [0.29, 0.717) is 30.1 Å². The summed E-state index contributed by atoms with van der Waals surface area (Å²) >= 11 is 5.79. The number of carbonyl (C=O) groups excluding carboxylic acids is 2. The van der Waals surface area contributed by atoms with Crippen LogP contribution in [-0.4, -0.2) is 28.7 Å². The molecule has 0 radical (unpaired) electrons. The first kappa shape index (κ1) is 21.7. The Labute approximate surface area is 181 Å². The number of aryl methyl sites for hydroxylation is 2. The Morgan fingerprint density at radius 1 is 1.03 bits per heavy atom. The molecule has 5 nitrogen and oxygen atoms in total. The van der Waals surface area contributed by atoms with Crippen molar-refractivity contribution in [2.45, 2.75) is 33.1 Å². The maximum absolute atomic E-state index is 12.5. The van der Waals surface area contributed by atoms with E-state index in [1.165, 1.54) is 0 Å². The number of Topliss-reactive ketones (excluding diaryl/α,β-unsaturated/α-hetero) is 1. The van der Waals surface area contributed by atoms with Crippen LogP contribution in [0.5, 0.6) is 0 Å². The zero-order valence-electron chi connectivity index (χ0n) is 17.4. The number of aromatic nitrogens is 2. The SMILES string of the molecule is CCC(=O)N(C)c1ccc(-c2ccc(C(=O)CCc3ccc(Cl)nc3)nc2)c(C)c1. The van der Waals surface area contributed by atoms with E-state index in [9.17, 15) is 9.59 Å². The van der Waals surface area contributed by atoms with Gasteiger partial charge in [-0.25, -0.2) is 4.98 Å². The van der Waals surface area contributed by atoms with Crippen LogP contribution in [0.15, 0.2) is 54.9 Å². The van der Waals surface area contributed by atoms with Gasteiger partial charge >= 0.3 is 0 Å². The number of benzene rings is 1. The maximum Gasteiger partial charge on any atom is 0.226 e. The van der Waals surface area contributed by atoms with E-state index >= 15 is 0 Å². The molecule has 0 N–H and O–H groups in total. The number of halogens is 1. The van der Waals surface area contributed by atoms with Gasteiger partial charge in [-0.1, -0.05) is 36.7 Å². The highest BCUT2D eigenvalue weighted by Crippen LogP contribution is 2.27. The Hall–Kier alpha value is -3.05. The lowest BCUT2D eigenvalue weighted by atomic mass is 10.00. The zero-order chi connectivity index (χ0) is 21.7. The van der Waals surface area contributed by atoms with Gasteiger partial charge in [0, 0.05) is 43.5 Å². The molecule has 154 valence electrons. The molecule has 0 aliphatic heterocycles. The molecule has 2 aromatic heterocycles. The molecule has 1 aromatic carbocycles. The third kappa shape index (κ3) is 5.10. The Morgan fingerprint density at radius 2 is 1.83 bits per heavy atom. The van der Waals surface area contributed by atoms with Gasteiger partial charge in [0.05, 0.1) is 0 Å². The summed E-state index contributed by atoms with van der Waals surface area (Å²) in [6.45, 7) is 3.85. The van der Waals surface area contributed by atoms with Crippen molar-refractivity contribution in [2.75, 3.05) is 11.9 Å². The summed E-state index contributed by atoms with van der Waals surface area (Å²) in [5.74, 6) is 0.0596. The molecular formula is C24H24ClN3O2. The van der Waals surface area contributed by atoms with E-state index in [1.54, 1.807) is 36.5 Å². The fourth-order valence-electron chi connectivity index (χ4n) is 3.22. The van der Waals surface area contributed by atoms with Crippen LogP contribution in [0.1, 0.15) is 41.4 Å². The van der Waals surface area contributed by atoms with Gasteiger partial charge in [0.1, 0.15) is 10.8 Å². The number of pyridine rings is 2. The second kappa shape index (κ2) is 9.63. The lowest BCUT2D eigenvalue weighted by Gasteiger charge is -2.18. The molecule has 0 saturated carbocycles. The highest BCUT2D eigenvalue weighted by Gasteiger charge is 2.12. The monoisotopic (exact) mass is 421 g/mol. The molecule has 6 heteroatoms.